The molecule has 0 aliphatic carbocycles. The topological polar surface area (TPSA) is 111 Å². The number of hydrogen-bond acceptors (Lipinski definition) is 7. The van der Waals surface area contributed by atoms with Crippen LogP contribution in [0, 0.1) is 11.3 Å². The molecule has 12 heteroatoms. The molecule has 0 bridgehead atoms. The Balaban J connectivity index is 1.50. The zero-order valence-corrected chi connectivity index (χ0v) is 18.5. The van der Waals surface area contributed by atoms with E-state index in [4.69, 9.17) is 16.0 Å². The second kappa shape index (κ2) is 8.11. The molecule has 1 aliphatic rings. The molecule has 1 amide bonds. The van der Waals surface area contributed by atoms with Crippen LogP contribution in [-0.2, 0) is 11.3 Å². The molecule has 0 fully saturated rings. The van der Waals surface area contributed by atoms with E-state index in [-0.39, 0.29) is 44.4 Å². The van der Waals surface area contributed by atoms with Gasteiger partial charge in [-0.15, -0.1) is 8.78 Å². The summed E-state index contributed by atoms with van der Waals surface area (Å²) in [6, 6.07) is 11.9. The fourth-order valence-corrected chi connectivity index (χ4v) is 3.86. The van der Waals surface area contributed by atoms with Gasteiger partial charge in [-0.2, -0.15) is 10.4 Å². The highest BCUT2D eigenvalue weighted by atomic mass is 35.5. The number of aromatic nitrogens is 2. The second-order valence-electron chi connectivity index (χ2n) is 7.57. The lowest BCUT2D eigenvalue weighted by Gasteiger charge is -2.18. The van der Waals surface area contributed by atoms with Crippen molar-refractivity contribution >= 4 is 34.2 Å². The number of carbonyl (C=O) groups is 1. The van der Waals surface area contributed by atoms with Gasteiger partial charge in [-0.1, -0.05) is 11.6 Å². The summed E-state index contributed by atoms with van der Waals surface area (Å²) in [6.45, 7) is -0.472. The number of carbonyl (C=O) groups excluding carboxylic acids is 1. The van der Waals surface area contributed by atoms with Crippen LogP contribution in [0.3, 0.4) is 0 Å². The van der Waals surface area contributed by atoms with Crippen molar-refractivity contribution in [2.75, 3.05) is 11.9 Å². The van der Waals surface area contributed by atoms with Gasteiger partial charge >= 0.3 is 6.29 Å². The molecule has 2 aromatic carbocycles. The van der Waals surface area contributed by atoms with Crippen LogP contribution >= 0.6 is 11.6 Å². The van der Waals surface area contributed by atoms with Crippen molar-refractivity contribution < 1.29 is 27.5 Å². The molecule has 2 aromatic heterocycles. The number of furan rings is 1. The van der Waals surface area contributed by atoms with Crippen LogP contribution in [0.15, 0.2) is 57.9 Å². The maximum Gasteiger partial charge on any atom is 0.586 e. The van der Waals surface area contributed by atoms with E-state index in [9.17, 15) is 23.6 Å². The van der Waals surface area contributed by atoms with Crippen LogP contribution in [0.25, 0.3) is 22.2 Å². The number of halogens is 3. The molecule has 4 aromatic rings. The van der Waals surface area contributed by atoms with Gasteiger partial charge in [-0.25, -0.2) is 4.68 Å². The van der Waals surface area contributed by atoms with Gasteiger partial charge < -0.3 is 18.8 Å². The van der Waals surface area contributed by atoms with Crippen LogP contribution < -0.4 is 19.9 Å². The third kappa shape index (κ3) is 4.04. The van der Waals surface area contributed by atoms with Crippen molar-refractivity contribution in [2.45, 2.75) is 12.8 Å². The van der Waals surface area contributed by atoms with Crippen LogP contribution in [-0.4, -0.2) is 29.0 Å². The van der Waals surface area contributed by atoms with E-state index in [2.05, 4.69) is 14.6 Å². The maximum atomic E-state index is 13.3. The second-order valence-corrected chi connectivity index (χ2v) is 8.00. The molecule has 35 heavy (non-hydrogen) atoms. The van der Waals surface area contributed by atoms with E-state index in [1.54, 1.807) is 6.07 Å². The van der Waals surface area contributed by atoms with Gasteiger partial charge in [0.25, 0.3) is 5.56 Å². The first-order valence-electron chi connectivity index (χ1n) is 10.0. The summed E-state index contributed by atoms with van der Waals surface area (Å²) in [7, 11) is 1.41. The number of hydrogen-bond donors (Lipinski definition) is 0. The number of ether oxygens (including phenoxy) is 2. The van der Waals surface area contributed by atoms with Crippen molar-refractivity contribution in [3.8, 4) is 28.8 Å². The summed E-state index contributed by atoms with van der Waals surface area (Å²) in [5.41, 5.74) is 0.740. The highest BCUT2D eigenvalue weighted by Crippen LogP contribution is 2.42. The van der Waals surface area contributed by atoms with Crippen molar-refractivity contribution in [3.63, 3.8) is 0 Å². The minimum atomic E-state index is -3.79. The fourth-order valence-electron chi connectivity index (χ4n) is 3.62. The van der Waals surface area contributed by atoms with E-state index in [0.717, 1.165) is 4.68 Å². The first-order valence-corrected chi connectivity index (χ1v) is 10.4. The van der Waals surface area contributed by atoms with E-state index in [1.807, 2.05) is 6.07 Å². The number of nitrogens with zero attached hydrogens (tertiary/aromatic N) is 4. The van der Waals surface area contributed by atoms with Crippen LogP contribution in [0.2, 0.25) is 5.02 Å². The molecule has 0 saturated carbocycles. The first kappa shape index (κ1) is 22.4. The Morgan fingerprint density at radius 1 is 1.20 bits per heavy atom. The summed E-state index contributed by atoms with van der Waals surface area (Å²) in [6.07, 6.45) is -2.48. The fraction of sp³-hybridized carbons (Fsp3) is 0.130. The Labute approximate surface area is 200 Å². The van der Waals surface area contributed by atoms with E-state index in [1.165, 1.54) is 54.6 Å². The number of fused-ring (bicyclic) bond motifs is 2. The lowest BCUT2D eigenvalue weighted by atomic mass is 10.1. The van der Waals surface area contributed by atoms with Crippen molar-refractivity contribution in [3.05, 3.63) is 69.7 Å². The Bertz CT molecular complexity index is 1610. The van der Waals surface area contributed by atoms with Crippen LogP contribution in [0.4, 0.5) is 14.5 Å². The highest BCUT2D eigenvalue weighted by Gasteiger charge is 2.43. The molecule has 0 radical (unpaired) electrons. The molecule has 0 unspecified atom stereocenters. The molecule has 3 heterocycles. The Kier molecular flexibility index (Phi) is 5.18. The quantitative estimate of drug-likeness (QED) is 0.415. The predicted molar refractivity (Wildman–Crippen MR) is 119 cm³/mol. The normalized spacial score (nSPS) is 13.6. The standard InChI is InChI=1S/C23H13ClF2N4O5/c1-29(15-2-3-17-18(9-15)35-23(25,26)34-17)19(31)11-30-22(32)16-4-5-33-21(16)20(28-30)13-6-12(10-27)7-14(24)8-13/h2-9H,11H2,1H3. The third-order valence-electron chi connectivity index (χ3n) is 5.30. The van der Waals surface area contributed by atoms with E-state index >= 15 is 0 Å². The van der Waals surface area contributed by atoms with Crippen LogP contribution in [0.1, 0.15) is 5.56 Å². The zero-order chi connectivity index (χ0) is 24.9. The smallest absolute Gasteiger partial charge is 0.462 e. The monoisotopic (exact) mass is 498 g/mol. The van der Waals surface area contributed by atoms with Gasteiger partial charge in [0.2, 0.25) is 5.91 Å². The lowest BCUT2D eigenvalue weighted by molar-refractivity contribution is -0.286. The summed E-state index contributed by atoms with van der Waals surface area (Å²) in [4.78, 5) is 27.1. The first-order chi connectivity index (χ1) is 16.6. The van der Waals surface area contributed by atoms with Crippen molar-refractivity contribution in [1.82, 2.24) is 9.78 Å². The molecule has 176 valence electrons. The molecule has 0 atom stereocenters. The zero-order valence-electron chi connectivity index (χ0n) is 17.8. The van der Waals surface area contributed by atoms with Crippen molar-refractivity contribution in [2.24, 2.45) is 0 Å². The minimum Gasteiger partial charge on any atom is -0.462 e. The SMILES string of the molecule is CN(C(=O)Cn1nc(-c2cc(Cl)cc(C#N)c2)c2occc2c1=O)c1ccc2c(c1)OC(F)(F)O2. The highest BCUT2D eigenvalue weighted by molar-refractivity contribution is 6.31. The molecule has 0 N–H and O–H groups in total. The summed E-state index contributed by atoms with van der Waals surface area (Å²) in [5.74, 6) is -0.951. The molecular formula is C23H13ClF2N4O5. The number of likely N-dealkylation sites (N-methyl/N-ethyl adjacent to an activating group) is 1. The Morgan fingerprint density at radius 3 is 2.74 bits per heavy atom. The van der Waals surface area contributed by atoms with Gasteiger partial charge in [0, 0.05) is 29.4 Å². The van der Waals surface area contributed by atoms with Crippen molar-refractivity contribution in [1.29, 1.82) is 5.26 Å². The number of nitriles is 1. The average molecular weight is 499 g/mol. The summed E-state index contributed by atoms with van der Waals surface area (Å²) >= 11 is 6.12. The molecule has 5 rings (SSSR count). The Morgan fingerprint density at radius 2 is 1.97 bits per heavy atom. The molecular weight excluding hydrogens is 486 g/mol. The molecule has 1 aliphatic heterocycles. The maximum absolute atomic E-state index is 13.3. The molecule has 0 spiro atoms. The number of anilines is 1. The molecule has 0 saturated heterocycles. The largest absolute Gasteiger partial charge is 0.586 e. The average Bonchev–Trinajstić information content (AvgIpc) is 3.42. The van der Waals surface area contributed by atoms with Gasteiger partial charge in [0.05, 0.1) is 23.3 Å². The number of rotatable bonds is 4. The van der Waals surface area contributed by atoms with E-state index < -0.39 is 24.3 Å². The van der Waals surface area contributed by atoms with Gasteiger partial charge in [0.1, 0.15) is 12.2 Å². The van der Waals surface area contributed by atoms with Gasteiger partial charge in [0.15, 0.2) is 17.1 Å². The Hall–Kier alpha value is -4.43. The molecule has 9 nitrogen and oxygen atoms in total. The van der Waals surface area contributed by atoms with E-state index in [0.29, 0.717) is 5.56 Å². The number of alkyl halides is 2. The number of amides is 1. The lowest BCUT2D eigenvalue weighted by Crippen LogP contribution is -2.35. The van der Waals surface area contributed by atoms with Gasteiger partial charge in [-0.05, 0) is 36.4 Å². The van der Waals surface area contributed by atoms with Gasteiger partial charge in [-0.3, -0.25) is 9.59 Å². The summed E-state index contributed by atoms with van der Waals surface area (Å²) < 4.78 is 41.8. The number of benzene rings is 2. The minimum absolute atomic E-state index is 0.161. The summed E-state index contributed by atoms with van der Waals surface area (Å²) in [5, 5.41) is 14.0. The van der Waals surface area contributed by atoms with Crippen LogP contribution in [0.5, 0.6) is 11.5 Å². The predicted octanol–water partition coefficient (Wildman–Crippen LogP) is 4.17. The third-order valence-corrected chi connectivity index (χ3v) is 5.52.